The van der Waals surface area contributed by atoms with Gasteiger partial charge in [-0.25, -0.2) is 12.8 Å². The van der Waals surface area contributed by atoms with Crippen molar-refractivity contribution in [3.63, 3.8) is 0 Å². The van der Waals surface area contributed by atoms with Gasteiger partial charge in [0.15, 0.2) is 0 Å². The van der Waals surface area contributed by atoms with Crippen LogP contribution in [-0.2, 0) is 10.0 Å². The van der Waals surface area contributed by atoms with E-state index >= 15 is 0 Å². The normalized spacial score (nSPS) is 22.0. The van der Waals surface area contributed by atoms with E-state index in [-0.39, 0.29) is 16.7 Å². The predicted molar refractivity (Wildman–Crippen MR) is 91.6 cm³/mol. The molecule has 4 nitrogen and oxygen atoms in total. The first-order valence-electron chi connectivity index (χ1n) is 7.94. The zero-order valence-corrected chi connectivity index (χ0v) is 14.3. The van der Waals surface area contributed by atoms with Crippen molar-refractivity contribution in [1.82, 2.24) is 4.31 Å². The summed E-state index contributed by atoms with van der Waals surface area (Å²) in [5.74, 6) is -0.430. The lowest BCUT2D eigenvalue weighted by molar-refractivity contribution is 0.458. The molecule has 3 rings (SSSR count). The van der Waals surface area contributed by atoms with Gasteiger partial charge in [-0.2, -0.15) is 4.31 Å². The van der Waals surface area contributed by atoms with E-state index in [9.17, 15) is 12.8 Å². The molecule has 0 unspecified atom stereocenters. The second-order valence-electron chi connectivity index (χ2n) is 6.30. The van der Waals surface area contributed by atoms with Gasteiger partial charge < -0.3 is 5.73 Å². The number of halogens is 1. The highest BCUT2D eigenvalue weighted by Crippen LogP contribution is 2.35. The average Bonchev–Trinajstić information content (AvgIpc) is 3.00. The maximum absolute atomic E-state index is 13.6. The van der Waals surface area contributed by atoms with Crippen molar-refractivity contribution in [2.24, 2.45) is 11.7 Å². The van der Waals surface area contributed by atoms with E-state index in [1.54, 1.807) is 6.92 Å². The van der Waals surface area contributed by atoms with Crippen LogP contribution in [0.4, 0.5) is 4.39 Å². The highest BCUT2D eigenvalue weighted by atomic mass is 32.2. The van der Waals surface area contributed by atoms with Gasteiger partial charge in [0.2, 0.25) is 10.0 Å². The minimum Gasteiger partial charge on any atom is -0.330 e. The molecule has 2 atom stereocenters. The Morgan fingerprint density at radius 2 is 1.88 bits per heavy atom. The van der Waals surface area contributed by atoms with Gasteiger partial charge >= 0.3 is 0 Å². The van der Waals surface area contributed by atoms with Gasteiger partial charge in [-0.1, -0.05) is 30.3 Å². The Kier molecular flexibility index (Phi) is 4.71. The fourth-order valence-electron chi connectivity index (χ4n) is 3.35. The molecule has 6 heteroatoms. The monoisotopic (exact) mass is 348 g/mol. The van der Waals surface area contributed by atoms with Crippen molar-refractivity contribution in [2.45, 2.75) is 17.7 Å². The number of hydrogen-bond donors (Lipinski definition) is 1. The van der Waals surface area contributed by atoms with Crippen molar-refractivity contribution >= 4 is 10.0 Å². The highest BCUT2D eigenvalue weighted by molar-refractivity contribution is 7.89. The molecule has 1 heterocycles. The maximum atomic E-state index is 13.6. The Hall–Kier alpha value is -1.76. The maximum Gasteiger partial charge on any atom is 0.243 e. The summed E-state index contributed by atoms with van der Waals surface area (Å²) in [7, 11) is -3.73. The molecule has 0 aromatic heterocycles. The molecule has 1 aliphatic heterocycles. The summed E-state index contributed by atoms with van der Waals surface area (Å²) >= 11 is 0. The third-order valence-electron chi connectivity index (χ3n) is 4.59. The summed E-state index contributed by atoms with van der Waals surface area (Å²) < 4.78 is 40.8. The van der Waals surface area contributed by atoms with E-state index in [2.05, 4.69) is 0 Å². The Bertz CT molecular complexity index is 804. The molecule has 2 aromatic rings. The third-order valence-corrected chi connectivity index (χ3v) is 6.40. The quantitative estimate of drug-likeness (QED) is 0.923. The zero-order valence-electron chi connectivity index (χ0n) is 13.5. The van der Waals surface area contributed by atoms with Crippen molar-refractivity contribution in [1.29, 1.82) is 0 Å². The van der Waals surface area contributed by atoms with Gasteiger partial charge in [-0.3, -0.25) is 0 Å². The van der Waals surface area contributed by atoms with Crippen LogP contribution in [0.25, 0.3) is 0 Å². The molecule has 128 valence electrons. The first-order valence-corrected chi connectivity index (χ1v) is 9.38. The minimum atomic E-state index is -3.73. The Balaban J connectivity index is 1.92. The van der Waals surface area contributed by atoms with Gasteiger partial charge in [0.05, 0.1) is 4.90 Å². The molecule has 2 N–H and O–H groups in total. The molecular formula is C18H21FN2O2S. The zero-order chi connectivity index (χ0) is 17.3. The fourth-order valence-corrected chi connectivity index (χ4v) is 4.98. The van der Waals surface area contributed by atoms with Crippen LogP contribution in [0, 0.1) is 18.7 Å². The van der Waals surface area contributed by atoms with E-state index in [4.69, 9.17) is 5.73 Å². The molecule has 0 saturated carbocycles. The third kappa shape index (κ3) is 3.22. The van der Waals surface area contributed by atoms with Crippen LogP contribution in [0.2, 0.25) is 0 Å². The van der Waals surface area contributed by atoms with E-state index in [0.717, 1.165) is 11.6 Å². The van der Waals surface area contributed by atoms with Crippen molar-refractivity contribution in [3.05, 3.63) is 65.5 Å². The molecule has 1 fully saturated rings. The van der Waals surface area contributed by atoms with Crippen LogP contribution in [0.1, 0.15) is 17.0 Å². The first-order chi connectivity index (χ1) is 11.4. The first kappa shape index (κ1) is 17.1. The summed E-state index contributed by atoms with van der Waals surface area (Å²) in [6.45, 7) is 2.81. The van der Waals surface area contributed by atoms with Crippen LogP contribution >= 0.6 is 0 Å². The Morgan fingerprint density at radius 1 is 1.17 bits per heavy atom. The summed E-state index contributed by atoms with van der Waals surface area (Å²) in [6.07, 6.45) is 0. The van der Waals surface area contributed by atoms with Crippen LogP contribution in [0.15, 0.2) is 53.4 Å². The van der Waals surface area contributed by atoms with Crippen LogP contribution in [0.5, 0.6) is 0 Å². The van der Waals surface area contributed by atoms with Crippen LogP contribution in [-0.4, -0.2) is 32.4 Å². The van der Waals surface area contributed by atoms with Gasteiger partial charge in [-0.15, -0.1) is 0 Å². The molecule has 2 aromatic carbocycles. The van der Waals surface area contributed by atoms with Crippen LogP contribution in [0.3, 0.4) is 0 Å². The Labute approximate surface area is 142 Å². The SMILES string of the molecule is Cc1cc(F)cc(S(=O)(=O)N2C[C@@H](CN)[C@H](c3ccccc3)C2)c1. The molecule has 24 heavy (non-hydrogen) atoms. The number of benzene rings is 2. The number of rotatable bonds is 4. The molecule has 0 spiro atoms. The minimum absolute atomic E-state index is 0.00415. The summed E-state index contributed by atoms with van der Waals surface area (Å²) in [4.78, 5) is 0.00415. The van der Waals surface area contributed by atoms with Crippen molar-refractivity contribution in [2.75, 3.05) is 19.6 Å². The second kappa shape index (κ2) is 6.63. The number of aryl methyl sites for hydroxylation is 1. The highest BCUT2D eigenvalue weighted by Gasteiger charge is 2.39. The lowest BCUT2D eigenvalue weighted by atomic mass is 9.89. The second-order valence-corrected chi connectivity index (χ2v) is 8.24. The molecule has 0 aliphatic carbocycles. The van der Waals surface area contributed by atoms with E-state index in [1.807, 2.05) is 30.3 Å². The number of nitrogens with zero attached hydrogens (tertiary/aromatic N) is 1. The predicted octanol–water partition coefficient (Wildman–Crippen LogP) is 2.50. The van der Waals surface area contributed by atoms with Gasteiger partial charge in [0.25, 0.3) is 0 Å². The molecule has 0 bridgehead atoms. The Morgan fingerprint density at radius 3 is 2.50 bits per heavy atom. The summed E-state index contributed by atoms with van der Waals surface area (Å²) in [6, 6.07) is 13.7. The number of nitrogens with two attached hydrogens (primary N) is 1. The van der Waals surface area contributed by atoms with Gasteiger partial charge in [-0.05, 0) is 48.7 Å². The van der Waals surface area contributed by atoms with Gasteiger partial charge in [0.1, 0.15) is 5.82 Å². The largest absolute Gasteiger partial charge is 0.330 e. The lowest BCUT2D eigenvalue weighted by Crippen LogP contribution is -2.30. The lowest BCUT2D eigenvalue weighted by Gasteiger charge is -2.17. The molecule has 1 aliphatic rings. The average molecular weight is 348 g/mol. The standard InChI is InChI=1S/C18H21FN2O2S/c1-13-7-16(19)9-17(8-13)24(22,23)21-11-15(10-20)18(12-21)14-5-3-2-4-6-14/h2-9,15,18H,10-12,20H2,1H3/t15-,18+/m1/s1. The van der Waals surface area contributed by atoms with Crippen molar-refractivity contribution < 1.29 is 12.8 Å². The van der Waals surface area contributed by atoms with Crippen molar-refractivity contribution in [3.8, 4) is 0 Å². The topological polar surface area (TPSA) is 63.4 Å². The number of hydrogen-bond acceptors (Lipinski definition) is 3. The smallest absolute Gasteiger partial charge is 0.243 e. The van der Waals surface area contributed by atoms with E-state index in [1.165, 1.54) is 16.4 Å². The molecule has 0 amide bonds. The molecular weight excluding hydrogens is 327 g/mol. The van der Waals surface area contributed by atoms with Crippen LogP contribution < -0.4 is 5.73 Å². The van der Waals surface area contributed by atoms with E-state index in [0.29, 0.717) is 25.2 Å². The molecule has 0 radical (unpaired) electrons. The fraction of sp³-hybridized carbons (Fsp3) is 0.333. The summed E-state index contributed by atoms with van der Waals surface area (Å²) in [5, 5.41) is 0. The molecule has 1 saturated heterocycles. The van der Waals surface area contributed by atoms with E-state index < -0.39 is 15.8 Å². The van der Waals surface area contributed by atoms with Gasteiger partial charge in [0, 0.05) is 19.0 Å². The number of sulfonamides is 1. The summed E-state index contributed by atoms with van der Waals surface area (Å²) in [5.41, 5.74) is 7.54.